The molecule has 25 heavy (non-hydrogen) atoms. The van der Waals surface area contributed by atoms with Gasteiger partial charge in [-0.1, -0.05) is 23.5 Å². The third-order valence-electron chi connectivity index (χ3n) is 3.70. The second kappa shape index (κ2) is 6.60. The van der Waals surface area contributed by atoms with Gasteiger partial charge in [-0.15, -0.1) is 0 Å². The van der Waals surface area contributed by atoms with Gasteiger partial charge in [0.05, 0.1) is 16.8 Å². The van der Waals surface area contributed by atoms with Crippen molar-refractivity contribution in [2.75, 3.05) is 18.5 Å². The average molecular weight is 356 g/mol. The maximum Gasteiger partial charge on any atom is 0.270 e. The fourth-order valence-electron chi connectivity index (χ4n) is 2.55. The van der Waals surface area contributed by atoms with E-state index in [1.54, 1.807) is 6.07 Å². The molecule has 0 radical (unpaired) electrons. The number of nitrogens with zero attached hydrogens (tertiary/aromatic N) is 1. The highest BCUT2D eigenvalue weighted by Crippen LogP contribution is 2.32. The van der Waals surface area contributed by atoms with Gasteiger partial charge in [-0.25, -0.2) is 4.98 Å². The zero-order valence-corrected chi connectivity index (χ0v) is 14.3. The van der Waals surface area contributed by atoms with E-state index in [0.717, 1.165) is 16.0 Å². The van der Waals surface area contributed by atoms with Gasteiger partial charge in [0.25, 0.3) is 5.91 Å². The predicted octanol–water partition coefficient (Wildman–Crippen LogP) is 3.47. The van der Waals surface area contributed by atoms with Gasteiger partial charge in [0.15, 0.2) is 16.6 Å². The second-order valence-electron chi connectivity index (χ2n) is 5.44. The fraction of sp³-hybridized carbons (Fsp3) is 0.222. The van der Waals surface area contributed by atoms with E-state index in [2.05, 4.69) is 10.3 Å². The van der Waals surface area contributed by atoms with Crippen molar-refractivity contribution in [2.45, 2.75) is 13.0 Å². The Labute approximate surface area is 148 Å². The molecular formula is C18H16N2O4S. The monoisotopic (exact) mass is 356 g/mol. The topological polar surface area (TPSA) is 69.7 Å². The molecule has 0 bridgehead atoms. The van der Waals surface area contributed by atoms with Crippen LogP contribution < -0.4 is 19.5 Å². The van der Waals surface area contributed by atoms with Gasteiger partial charge in [-0.3, -0.25) is 10.1 Å². The minimum Gasteiger partial charge on any atom is -0.494 e. The molecule has 1 N–H and O–H groups in total. The van der Waals surface area contributed by atoms with Crippen molar-refractivity contribution in [3.63, 3.8) is 0 Å². The summed E-state index contributed by atoms with van der Waals surface area (Å²) >= 11 is 1.40. The van der Waals surface area contributed by atoms with Crippen molar-refractivity contribution in [1.29, 1.82) is 0 Å². The summed E-state index contributed by atoms with van der Waals surface area (Å²) in [6, 6.07) is 13.0. The summed E-state index contributed by atoms with van der Waals surface area (Å²) in [6.45, 7) is 2.71. The summed E-state index contributed by atoms with van der Waals surface area (Å²) < 4.78 is 17.7. The number of rotatable bonds is 4. The van der Waals surface area contributed by atoms with E-state index in [1.807, 2.05) is 43.3 Å². The van der Waals surface area contributed by atoms with Gasteiger partial charge in [0.1, 0.15) is 12.4 Å². The third kappa shape index (κ3) is 3.23. The first-order valence-corrected chi connectivity index (χ1v) is 8.77. The van der Waals surface area contributed by atoms with Crippen molar-refractivity contribution in [3.05, 3.63) is 42.5 Å². The van der Waals surface area contributed by atoms with Crippen LogP contribution in [0, 0.1) is 0 Å². The van der Waals surface area contributed by atoms with E-state index in [0.29, 0.717) is 23.2 Å². The Morgan fingerprint density at radius 2 is 2.16 bits per heavy atom. The molecule has 0 saturated heterocycles. The highest BCUT2D eigenvalue weighted by molar-refractivity contribution is 7.22. The number of anilines is 1. The number of hydrogen-bond donors (Lipinski definition) is 1. The molecule has 2 aromatic carbocycles. The molecule has 4 rings (SSSR count). The highest BCUT2D eigenvalue weighted by atomic mass is 32.1. The first kappa shape index (κ1) is 15.7. The molecule has 0 aliphatic carbocycles. The van der Waals surface area contributed by atoms with Crippen LogP contribution in [0.15, 0.2) is 42.5 Å². The first-order valence-electron chi connectivity index (χ1n) is 7.95. The Balaban J connectivity index is 1.48. The highest BCUT2D eigenvalue weighted by Gasteiger charge is 2.27. The lowest BCUT2D eigenvalue weighted by atomic mass is 10.2. The Kier molecular flexibility index (Phi) is 4.15. The van der Waals surface area contributed by atoms with E-state index in [9.17, 15) is 4.79 Å². The Morgan fingerprint density at radius 3 is 3.00 bits per heavy atom. The van der Waals surface area contributed by atoms with Crippen LogP contribution in [0.3, 0.4) is 0 Å². The minimum absolute atomic E-state index is 0.169. The number of thiazole rings is 1. The number of ether oxygens (including phenoxy) is 3. The van der Waals surface area contributed by atoms with Gasteiger partial charge in [0.2, 0.25) is 6.10 Å². The molecule has 6 nitrogen and oxygen atoms in total. The molecule has 3 aromatic rings. The number of fused-ring (bicyclic) bond motifs is 2. The van der Waals surface area contributed by atoms with E-state index in [4.69, 9.17) is 14.2 Å². The number of amides is 1. The van der Waals surface area contributed by atoms with Gasteiger partial charge in [-0.05, 0) is 37.3 Å². The van der Waals surface area contributed by atoms with Crippen LogP contribution in [0.1, 0.15) is 6.92 Å². The summed E-state index contributed by atoms with van der Waals surface area (Å²) in [7, 11) is 0. The first-order chi connectivity index (χ1) is 12.2. The third-order valence-corrected chi connectivity index (χ3v) is 4.64. The van der Waals surface area contributed by atoms with Crippen molar-refractivity contribution in [2.24, 2.45) is 0 Å². The van der Waals surface area contributed by atoms with Gasteiger partial charge >= 0.3 is 0 Å². The molecule has 2 heterocycles. The molecule has 1 aromatic heterocycles. The lowest BCUT2D eigenvalue weighted by molar-refractivity contribution is -0.125. The fourth-order valence-corrected chi connectivity index (χ4v) is 3.45. The number of aromatic nitrogens is 1. The van der Waals surface area contributed by atoms with E-state index in [1.165, 1.54) is 11.3 Å². The Hall–Kier alpha value is -2.80. The van der Waals surface area contributed by atoms with Crippen molar-refractivity contribution in [3.8, 4) is 17.2 Å². The summed E-state index contributed by atoms with van der Waals surface area (Å²) in [5.74, 6) is 1.73. The number of benzene rings is 2. The maximum absolute atomic E-state index is 12.4. The molecule has 1 aliphatic rings. The molecule has 128 valence electrons. The van der Waals surface area contributed by atoms with Crippen LogP contribution in [0.5, 0.6) is 17.2 Å². The molecule has 1 amide bonds. The SMILES string of the molecule is CCOc1ccc2nc(NC(=O)[C@@H]3COc4ccccc4O3)sc2c1. The number of carbonyl (C=O) groups excluding carboxylic acids is 1. The van der Waals surface area contributed by atoms with Crippen molar-refractivity contribution in [1.82, 2.24) is 4.98 Å². The molecular weight excluding hydrogens is 340 g/mol. The predicted molar refractivity (Wildman–Crippen MR) is 95.8 cm³/mol. The Bertz CT molecular complexity index is 924. The van der Waals surface area contributed by atoms with Crippen LogP contribution in [-0.4, -0.2) is 30.2 Å². The van der Waals surface area contributed by atoms with Gasteiger partial charge in [0, 0.05) is 0 Å². The largest absolute Gasteiger partial charge is 0.494 e. The summed E-state index contributed by atoms with van der Waals surface area (Å²) in [5.41, 5.74) is 0.815. The molecule has 1 atom stereocenters. The van der Waals surface area contributed by atoms with Crippen molar-refractivity contribution < 1.29 is 19.0 Å². The molecule has 0 fully saturated rings. The molecule has 0 unspecified atom stereocenters. The summed E-state index contributed by atoms with van der Waals surface area (Å²) in [5, 5.41) is 3.33. The summed E-state index contributed by atoms with van der Waals surface area (Å²) in [4.78, 5) is 16.9. The van der Waals surface area contributed by atoms with Gasteiger partial charge in [-0.2, -0.15) is 0 Å². The lowest BCUT2D eigenvalue weighted by Crippen LogP contribution is -2.40. The molecule has 7 heteroatoms. The zero-order chi connectivity index (χ0) is 17.2. The second-order valence-corrected chi connectivity index (χ2v) is 6.47. The smallest absolute Gasteiger partial charge is 0.270 e. The molecule has 0 spiro atoms. The van der Waals surface area contributed by atoms with Crippen LogP contribution >= 0.6 is 11.3 Å². The average Bonchev–Trinajstić information content (AvgIpc) is 3.03. The van der Waals surface area contributed by atoms with Crippen LogP contribution in [-0.2, 0) is 4.79 Å². The van der Waals surface area contributed by atoms with E-state index < -0.39 is 6.10 Å². The summed E-state index contributed by atoms with van der Waals surface area (Å²) in [6.07, 6.45) is -0.708. The molecule has 0 saturated carbocycles. The minimum atomic E-state index is -0.708. The normalized spacial score (nSPS) is 15.8. The standard InChI is InChI=1S/C18H16N2O4S/c1-2-22-11-7-8-12-16(9-11)25-18(19-12)20-17(21)15-10-23-13-5-3-4-6-14(13)24-15/h3-9,15H,2,10H2,1H3,(H,19,20,21)/t15-/m0/s1. The van der Waals surface area contributed by atoms with Gasteiger partial charge < -0.3 is 14.2 Å². The molecule has 1 aliphatic heterocycles. The lowest BCUT2D eigenvalue weighted by Gasteiger charge is -2.25. The van der Waals surface area contributed by atoms with Crippen LogP contribution in [0.4, 0.5) is 5.13 Å². The van der Waals surface area contributed by atoms with E-state index >= 15 is 0 Å². The van der Waals surface area contributed by atoms with E-state index in [-0.39, 0.29) is 12.5 Å². The number of para-hydroxylation sites is 2. The van der Waals surface area contributed by atoms with Crippen LogP contribution in [0.25, 0.3) is 10.2 Å². The maximum atomic E-state index is 12.4. The zero-order valence-electron chi connectivity index (χ0n) is 13.5. The quantitative estimate of drug-likeness (QED) is 0.775. The van der Waals surface area contributed by atoms with Crippen LogP contribution in [0.2, 0.25) is 0 Å². The number of hydrogen-bond acceptors (Lipinski definition) is 6. The van der Waals surface area contributed by atoms with Crippen molar-refractivity contribution >= 4 is 32.6 Å². The number of carbonyl (C=O) groups is 1. The Morgan fingerprint density at radius 1 is 1.32 bits per heavy atom. The number of nitrogens with one attached hydrogen (secondary N) is 1.